The summed E-state index contributed by atoms with van der Waals surface area (Å²) in [6.45, 7) is 3.60. The van der Waals surface area contributed by atoms with Crippen LogP contribution in [0.1, 0.15) is 67.2 Å². The predicted octanol–water partition coefficient (Wildman–Crippen LogP) is 6.39. The minimum absolute atomic E-state index is 0.000736. The Morgan fingerprint density at radius 1 is 1.15 bits per heavy atom. The molecule has 2 fully saturated rings. The first kappa shape index (κ1) is 27.4. The average molecular weight is 542 g/mol. The Kier molecular flexibility index (Phi) is 7.82. The molecule has 39 heavy (non-hydrogen) atoms. The van der Waals surface area contributed by atoms with Crippen LogP contribution >= 0.6 is 0 Å². The van der Waals surface area contributed by atoms with Gasteiger partial charge in [-0.15, -0.1) is 19.6 Å². The zero-order chi connectivity index (χ0) is 27.7. The molecule has 208 valence electrons. The van der Waals surface area contributed by atoms with Crippen LogP contribution < -0.4 is 9.47 Å². The van der Waals surface area contributed by atoms with Gasteiger partial charge in [0, 0.05) is 17.7 Å². The SMILES string of the molecule is C#Cc1ccc(OC(F)(F)F)c(CN2CCC(C3CCc4ccc([C@H](C5CC5)[C@H](C)C(=O)O)cc4O3)CC2)c1. The summed E-state index contributed by atoms with van der Waals surface area (Å²) in [7, 11) is 0. The molecule has 3 aliphatic rings. The number of rotatable bonds is 8. The zero-order valence-electron chi connectivity index (χ0n) is 22.0. The molecule has 5 nitrogen and oxygen atoms in total. The van der Waals surface area contributed by atoms with Crippen molar-refractivity contribution in [3.63, 3.8) is 0 Å². The lowest BCUT2D eigenvalue weighted by Gasteiger charge is -2.38. The highest BCUT2D eigenvalue weighted by molar-refractivity contribution is 5.71. The number of hydrogen-bond acceptors (Lipinski definition) is 4. The number of terminal acetylenes is 1. The number of hydrogen-bond donors (Lipinski definition) is 1. The molecule has 1 N–H and O–H groups in total. The highest BCUT2D eigenvalue weighted by Crippen LogP contribution is 2.48. The van der Waals surface area contributed by atoms with Gasteiger partial charge in [0.15, 0.2) is 0 Å². The molecule has 3 atom stereocenters. The van der Waals surface area contributed by atoms with Gasteiger partial charge in [0.25, 0.3) is 0 Å². The number of carboxylic acids is 1. The number of piperidine rings is 1. The molecule has 0 aromatic heterocycles. The molecule has 0 amide bonds. The zero-order valence-corrected chi connectivity index (χ0v) is 22.0. The number of carboxylic acid groups (broad SMARTS) is 1. The third-order valence-corrected chi connectivity index (χ3v) is 8.52. The Labute approximate surface area is 227 Å². The van der Waals surface area contributed by atoms with Gasteiger partial charge in [0.05, 0.1) is 5.92 Å². The number of aryl methyl sites for hydroxylation is 1. The molecule has 2 aromatic rings. The van der Waals surface area contributed by atoms with Gasteiger partial charge in [0.2, 0.25) is 0 Å². The quantitative estimate of drug-likeness (QED) is 0.393. The van der Waals surface area contributed by atoms with Crippen molar-refractivity contribution in [2.45, 2.75) is 70.4 Å². The average Bonchev–Trinajstić information content (AvgIpc) is 3.74. The van der Waals surface area contributed by atoms with Gasteiger partial charge in [0.1, 0.15) is 17.6 Å². The maximum atomic E-state index is 12.9. The topological polar surface area (TPSA) is 59.0 Å². The number of likely N-dealkylation sites (tertiary alicyclic amines) is 1. The molecule has 5 rings (SSSR count). The Hall–Kier alpha value is -3.18. The lowest BCUT2D eigenvalue weighted by molar-refractivity contribution is -0.275. The van der Waals surface area contributed by atoms with Crippen LogP contribution in [0.15, 0.2) is 36.4 Å². The third kappa shape index (κ3) is 6.52. The summed E-state index contributed by atoms with van der Waals surface area (Å²) in [5.41, 5.74) is 3.16. The molecule has 0 spiro atoms. The number of aliphatic carboxylic acids is 1. The lowest BCUT2D eigenvalue weighted by atomic mass is 9.81. The monoisotopic (exact) mass is 541 g/mol. The number of ether oxygens (including phenoxy) is 2. The van der Waals surface area contributed by atoms with Crippen molar-refractivity contribution in [2.75, 3.05) is 13.1 Å². The number of nitrogens with zero attached hydrogens (tertiary/aromatic N) is 1. The molecule has 2 aliphatic heterocycles. The van der Waals surface area contributed by atoms with Crippen LogP contribution in [0, 0.1) is 30.1 Å². The summed E-state index contributed by atoms with van der Waals surface area (Å²) in [6, 6.07) is 10.6. The number of alkyl halides is 3. The fraction of sp³-hybridized carbons (Fsp3) is 0.516. The summed E-state index contributed by atoms with van der Waals surface area (Å²) in [6.07, 6.45) is 6.50. The van der Waals surface area contributed by atoms with E-state index in [2.05, 4.69) is 33.8 Å². The second kappa shape index (κ2) is 11.1. The summed E-state index contributed by atoms with van der Waals surface area (Å²) in [5.74, 6) is 2.69. The molecular formula is C31H34F3NO4. The molecule has 1 saturated carbocycles. The van der Waals surface area contributed by atoms with Gasteiger partial charge in [-0.1, -0.05) is 25.0 Å². The van der Waals surface area contributed by atoms with Crippen molar-refractivity contribution >= 4 is 5.97 Å². The van der Waals surface area contributed by atoms with Gasteiger partial charge in [-0.25, -0.2) is 0 Å². The normalized spacial score (nSPS) is 21.8. The number of carbonyl (C=O) groups is 1. The van der Waals surface area contributed by atoms with Crippen LogP contribution in [-0.2, 0) is 17.8 Å². The van der Waals surface area contributed by atoms with Crippen LogP contribution in [-0.4, -0.2) is 41.5 Å². The minimum Gasteiger partial charge on any atom is -0.490 e. The second-order valence-corrected chi connectivity index (χ2v) is 11.2. The van der Waals surface area contributed by atoms with Crippen LogP contribution in [0.2, 0.25) is 0 Å². The van der Waals surface area contributed by atoms with Gasteiger partial charge in [-0.05, 0) is 105 Å². The third-order valence-electron chi connectivity index (χ3n) is 8.52. The van der Waals surface area contributed by atoms with Gasteiger partial charge in [-0.3, -0.25) is 9.69 Å². The summed E-state index contributed by atoms with van der Waals surface area (Å²) in [5, 5.41) is 9.65. The van der Waals surface area contributed by atoms with E-state index in [1.165, 1.54) is 12.1 Å². The minimum atomic E-state index is -4.77. The molecule has 0 radical (unpaired) electrons. The molecule has 0 bridgehead atoms. The highest BCUT2D eigenvalue weighted by atomic mass is 19.4. The van der Waals surface area contributed by atoms with E-state index < -0.39 is 18.2 Å². The summed E-state index contributed by atoms with van der Waals surface area (Å²) >= 11 is 0. The van der Waals surface area contributed by atoms with Crippen LogP contribution in [0.5, 0.6) is 11.5 Å². The van der Waals surface area contributed by atoms with E-state index in [0.717, 1.165) is 68.5 Å². The summed E-state index contributed by atoms with van der Waals surface area (Å²) in [4.78, 5) is 13.9. The maximum Gasteiger partial charge on any atom is 0.573 e. The predicted molar refractivity (Wildman–Crippen MR) is 141 cm³/mol. The standard InChI is InChI=1S/C31H34F3NO4/c1-3-20-4-10-27(39-31(32,33)34)25(16-20)18-35-14-12-22(13-15-35)26-11-9-21-5-8-24(17-28(21)38-26)29(23-6-7-23)19(2)30(36)37/h1,4-5,8,10,16-17,19,22-23,26,29H,6-7,9,11-15,18H2,2H3,(H,36,37)/t19-,26?,29-/m0/s1. The van der Waals surface area contributed by atoms with E-state index in [1.807, 2.05) is 0 Å². The Balaban J connectivity index is 1.22. The Bertz CT molecular complexity index is 1240. The van der Waals surface area contributed by atoms with Crippen molar-refractivity contribution < 1.29 is 32.5 Å². The van der Waals surface area contributed by atoms with Crippen molar-refractivity contribution in [3.05, 3.63) is 58.7 Å². The van der Waals surface area contributed by atoms with E-state index in [-0.39, 0.29) is 17.8 Å². The molecule has 2 heterocycles. The number of halogens is 3. The second-order valence-electron chi connectivity index (χ2n) is 11.2. The van der Waals surface area contributed by atoms with Crippen molar-refractivity contribution in [3.8, 4) is 23.8 Å². The van der Waals surface area contributed by atoms with E-state index in [9.17, 15) is 23.1 Å². The van der Waals surface area contributed by atoms with Crippen molar-refractivity contribution in [1.29, 1.82) is 0 Å². The van der Waals surface area contributed by atoms with E-state index >= 15 is 0 Å². The molecule has 1 aliphatic carbocycles. The molecule has 1 unspecified atom stereocenters. The smallest absolute Gasteiger partial charge is 0.490 e. The largest absolute Gasteiger partial charge is 0.573 e. The first-order valence-electron chi connectivity index (χ1n) is 13.7. The van der Waals surface area contributed by atoms with Crippen molar-refractivity contribution in [1.82, 2.24) is 4.90 Å². The van der Waals surface area contributed by atoms with Crippen molar-refractivity contribution in [2.24, 2.45) is 17.8 Å². The molecule has 1 saturated heterocycles. The maximum absolute atomic E-state index is 12.9. The van der Waals surface area contributed by atoms with E-state index in [4.69, 9.17) is 11.2 Å². The Morgan fingerprint density at radius 3 is 2.54 bits per heavy atom. The van der Waals surface area contributed by atoms with Gasteiger partial charge >= 0.3 is 12.3 Å². The fourth-order valence-electron chi connectivity index (χ4n) is 6.27. The lowest BCUT2D eigenvalue weighted by Crippen LogP contribution is -2.40. The van der Waals surface area contributed by atoms with Crippen LogP contribution in [0.25, 0.3) is 0 Å². The van der Waals surface area contributed by atoms with Crippen LogP contribution in [0.4, 0.5) is 13.2 Å². The van der Waals surface area contributed by atoms with E-state index in [1.54, 1.807) is 13.0 Å². The fourth-order valence-corrected chi connectivity index (χ4v) is 6.27. The van der Waals surface area contributed by atoms with E-state index in [0.29, 0.717) is 29.5 Å². The Morgan fingerprint density at radius 2 is 1.90 bits per heavy atom. The first-order valence-corrected chi connectivity index (χ1v) is 13.7. The molecular weight excluding hydrogens is 507 g/mol. The highest BCUT2D eigenvalue weighted by Gasteiger charge is 2.39. The number of fused-ring (bicyclic) bond motifs is 1. The van der Waals surface area contributed by atoms with Gasteiger partial charge < -0.3 is 14.6 Å². The van der Waals surface area contributed by atoms with Gasteiger partial charge in [-0.2, -0.15) is 0 Å². The number of benzene rings is 2. The van der Waals surface area contributed by atoms with Crippen LogP contribution in [0.3, 0.4) is 0 Å². The first-order chi connectivity index (χ1) is 18.6. The molecule has 8 heteroatoms. The molecule has 2 aromatic carbocycles. The summed E-state index contributed by atoms with van der Waals surface area (Å²) < 4.78 is 49.5.